The van der Waals surface area contributed by atoms with Crippen LogP contribution in [0.25, 0.3) is 0 Å². The van der Waals surface area contributed by atoms with Crippen LogP contribution >= 0.6 is 7.82 Å². The van der Waals surface area contributed by atoms with Crippen molar-refractivity contribution in [2.45, 2.75) is 148 Å². The molecule has 0 bridgehead atoms. The molecule has 0 aromatic heterocycles. The number of amides is 1. The van der Waals surface area contributed by atoms with E-state index < -0.39 is 26.6 Å². The van der Waals surface area contributed by atoms with E-state index in [0.717, 1.165) is 57.8 Å². The molecule has 51 heavy (non-hydrogen) atoms. The first-order valence-electron chi connectivity index (χ1n) is 19.6. The number of ketones is 1. The van der Waals surface area contributed by atoms with Crippen LogP contribution in [0, 0.1) is 0 Å². The zero-order valence-corrected chi connectivity index (χ0v) is 33.7. The summed E-state index contributed by atoms with van der Waals surface area (Å²) in [5.74, 6) is -0.106. The van der Waals surface area contributed by atoms with Gasteiger partial charge in [0.05, 0.1) is 39.9 Å². The van der Waals surface area contributed by atoms with Gasteiger partial charge in [-0.1, -0.05) is 133 Å². The van der Waals surface area contributed by atoms with Crippen LogP contribution in [0.3, 0.4) is 0 Å². The fourth-order valence-electron chi connectivity index (χ4n) is 4.98. The minimum absolute atomic E-state index is 0.0249. The van der Waals surface area contributed by atoms with E-state index in [2.05, 4.69) is 37.4 Å². The molecule has 3 atom stereocenters. The van der Waals surface area contributed by atoms with E-state index in [1.54, 1.807) is 18.2 Å². The fraction of sp³-hybridized carbons (Fsp3) is 0.707. The van der Waals surface area contributed by atoms with Gasteiger partial charge in [0, 0.05) is 12.8 Å². The number of aliphatic hydroxyl groups excluding tert-OH is 1. The number of allylic oxidation sites excluding steroid dienone is 9. The van der Waals surface area contributed by atoms with E-state index in [0.29, 0.717) is 23.9 Å². The second-order valence-corrected chi connectivity index (χ2v) is 15.7. The second-order valence-electron chi connectivity index (χ2n) is 14.3. The Bertz CT molecular complexity index is 1080. The van der Waals surface area contributed by atoms with Crippen molar-refractivity contribution in [3.63, 3.8) is 0 Å². The maximum absolute atomic E-state index is 12.8. The third-order valence-electron chi connectivity index (χ3n) is 8.20. The number of hydrogen-bond donors (Lipinski definition) is 2. The number of carbonyl (C=O) groups excluding carboxylic acids is 2. The maximum Gasteiger partial charge on any atom is 0.268 e. The lowest BCUT2D eigenvalue weighted by molar-refractivity contribution is -0.870. The molecule has 0 aromatic rings. The molecule has 0 aliphatic rings. The standard InChI is InChI=1S/C41H73N2O7P/c1-6-8-10-11-12-13-15-19-22-25-29-33-40(45)39(37-50-51(47,48)49-36-35-43(3,4)5)42-41(46)34-30-26-23-20-17-14-16-18-21-24-28-32-38(44)31-27-9-7-2/h14,16,20-21,23-24,28-29,32-33,39-40,45H,6-13,15,17-19,22,25-27,30-31,34-37H2,1-5H3,(H-,42,46,47,48)/b16-14-,23-20-,24-21-,32-28+,33-29+/t39-,40+/m0/s1. The molecule has 0 fully saturated rings. The average Bonchev–Trinajstić information content (AvgIpc) is 3.06. The Labute approximate surface area is 311 Å². The summed E-state index contributed by atoms with van der Waals surface area (Å²) in [7, 11) is 1.18. The molecular formula is C41H73N2O7P. The molecule has 0 rings (SSSR count). The Morgan fingerprint density at radius 1 is 0.745 bits per heavy atom. The first-order valence-corrected chi connectivity index (χ1v) is 21.1. The molecular weight excluding hydrogens is 663 g/mol. The van der Waals surface area contributed by atoms with Crippen molar-refractivity contribution in [2.24, 2.45) is 0 Å². The van der Waals surface area contributed by atoms with E-state index in [1.807, 2.05) is 45.4 Å². The van der Waals surface area contributed by atoms with Gasteiger partial charge in [0.2, 0.25) is 5.91 Å². The van der Waals surface area contributed by atoms with Gasteiger partial charge >= 0.3 is 0 Å². The number of phosphoric acid groups is 1. The van der Waals surface area contributed by atoms with Crippen LogP contribution in [0.1, 0.15) is 136 Å². The number of likely N-dealkylation sites (N-methyl/N-ethyl adjacent to an activating group) is 1. The van der Waals surface area contributed by atoms with Crippen LogP contribution in [0.4, 0.5) is 0 Å². The van der Waals surface area contributed by atoms with Gasteiger partial charge in [0.1, 0.15) is 13.2 Å². The summed E-state index contributed by atoms with van der Waals surface area (Å²) in [4.78, 5) is 36.9. The Balaban J connectivity index is 4.67. The van der Waals surface area contributed by atoms with E-state index in [9.17, 15) is 24.2 Å². The summed E-state index contributed by atoms with van der Waals surface area (Å²) in [5, 5.41) is 13.6. The number of unbranched alkanes of at least 4 members (excludes halogenated alkanes) is 12. The van der Waals surface area contributed by atoms with Gasteiger partial charge in [-0.2, -0.15) is 0 Å². The van der Waals surface area contributed by atoms with E-state index >= 15 is 0 Å². The molecule has 0 aliphatic heterocycles. The van der Waals surface area contributed by atoms with Crippen molar-refractivity contribution in [3.05, 3.63) is 60.8 Å². The molecule has 0 saturated carbocycles. The number of quaternary nitrogens is 1. The normalized spacial score (nSPS) is 15.1. The summed E-state index contributed by atoms with van der Waals surface area (Å²) in [6.45, 7) is 4.38. The average molecular weight is 737 g/mol. The molecule has 294 valence electrons. The topological polar surface area (TPSA) is 125 Å². The summed E-state index contributed by atoms with van der Waals surface area (Å²) in [6, 6.07) is -0.933. The van der Waals surface area contributed by atoms with Gasteiger partial charge in [0.25, 0.3) is 7.82 Å². The Morgan fingerprint density at radius 3 is 2.00 bits per heavy atom. The Morgan fingerprint density at radius 2 is 1.33 bits per heavy atom. The fourth-order valence-corrected chi connectivity index (χ4v) is 5.70. The van der Waals surface area contributed by atoms with Gasteiger partial charge in [-0.15, -0.1) is 0 Å². The number of aliphatic hydroxyl groups is 1. The monoisotopic (exact) mass is 737 g/mol. The second kappa shape index (κ2) is 32.5. The van der Waals surface area contributed by atoms with Crippen molar-refractivity contribution >= 4 is 19.5 Å². The van der Waals surface area contributed by atoms with Gasteiger partial charge < -0.3 is 28.8 Å². The van der Waals surface area contributed by atoms with Crippen LogP contribution in [0.2, 0.25) is 0 Å². The molecule has 9 nitrogen and oxygen atoms in total. The minimum atomic E-state index is -4.61. The number of nitrogens with zero attached hydrogens (tertiary/aromatic N) is 1. The van der Waals surface area contributed by atoms with Crippen LogP contribution < -0.4 is 10.2 Å². The molecule has 0 spiro atoms. The Hall–Kier alpha value is -2.13. The zero-order valence-electron chi connectivity index (χ0n) is 32.8. The zero-order chi connectivity index (χ0) is 38.1. The van der Waals surface area contributed by atoms with Crippen LogP contribution in [0.5, 0.6) is 0 Å². The molecule has 0 aliphatic carbocycles. The van der Waals surface area contributed by atoms with E-state index in [1.165, 1.54) is 44.9 Å². The van der Waals surface area contributed by atoms with E-state index in [-0.39, 0.29) is 24.7 Å². The third kappa shape index (κ3) is 34.7. The highest BCUT2D eigenvalue weighted by molar-refractivity contribution is 7.45. The predicted molar refractivity (Wildman–Crippen MR) is 210 cm³/mol. The summed E-state index contributed by atoms with van der Waals surface area (Å²) in [5.41, 5.74) is 0. The van der Waals surface area contributed by atoms with Crippen molar-refractivity contribution in [1.29, 1.82) is 0 Å². The third-order valence-corrected chi connectivity index (χ3v) is 9.16. The van der Waals surface area contributed by atoms with Crippen molar-refractivity contribution in [1.82, 2.24) is 5.32 Å². The molecule has 0 radical (unpaired) electrons. The van der Waals surface area contributed by atoms with E-state index in [4.69, 9.17) is 9.05 Å². The largest absolute Gasteiger partial charge is 0.756 e. The highest BCUT2D eigenvalue weighted by atomic mass is 31.2. The first-order chi connectivity index (χ1) is 24.4. The number of nitrogens with one attached hydrogen (secondary N) is 1. The predicted octanol–water partition coefficient (Wildman–Crippen LogP) is 8.84. The van der Waals surface area contributed by atoms with Crippen molar-refractivity contribution in [2.75, 3.05) is 40.9 Å². The molecule has 0 heterocycles. The molecule has 10 heteroatoms. The highest BCUT2D eigenvalue weighted by Crippen LogP contribution is 2.38. The lowest BCUT2D eigenvalue weighted by atomic mass is 10.1. The number of phosphoric ester groups is 1. The SMILES string of the molecule is CCCCCCCCCCC/C=C/[C@@H](O)[C@H](COP(=O)([O-])OCC[N+](C)(C)C)NC(=O)CCC/C=C\C/C=C\C/C=C\C=C\C(=O)CCCCC. The summed E-state index contributed by atoms with van der Waals surface area (Å²) < 4.78 is 23.0. The number of rotatable bonds is 34. The molecule has 2 N–H and O–H groups in total. The lowest BCUT2D eigenvalue weighted by Gasteiger charge is -2.29. The highest BCUT2D eigenvalue weighted by Gasteiger charge is 2.23. The summed E-state index contributed by atoms with van der Waals surface area (Å²) in [6.07, 6.45) is 36.8. The van der Waals surface area contributed by atoms with Crippen LogP contribution in [-0.4, -0.2) is 74.3 Å². The van der Waals surface area contributed by atoms with Crippen LogP contribution in [-0.2, 0) is 23.2 Å². The van der Waals surface area contributed by atoms with Gasteiger partial charge in [-0.05, 0) is 51.0 Å². The van der Waals surface area contributed by atoms with Gasteiger partial charge in [-0.25, -0.2) is 0 Å². The lowest BCUT2D eigenvalue weighted by Crippen LogP contribution is -2.45. The number of hydrogen-bond acceptors (Lipinski definition) is 7. The maximum atomic E-state index is 12.8. The van der Waals surface area contributed by atoms with Gasteiger partial charge in [0.15, 0.2) is 5.78 Å². The summed E-state index contributed by atoms with van der Waals surface area (Å²) >= 11 is 0. The smallest absolute Gasteiger partial charge is 0.268 e. The molecule has 0 aromatic carbocycles. The molecule has 1 unspecified atom stereocenters. The van der Waals surface area contributed by atoms with Crippen molar-refractivity contribution in [3.8, 4) is 0 Å². The molecule has 0 saturated heterocycles. The quantitative estimate of drug-likeness (QED) is 0.0169. The minimum Gasteiger partial charge on any atom is -0.756 e. The van der Waals surface area contributed by atoms with Crippen LogP contribution in [0.15, 0.2) is 60.8 Å². The molecule has 1 amide bonds. The number of carbonyl (C=O) groups is 2. The first kappa shape index (κ1) is 48.9. The van der Waals surface area contributed by atoms with Crippen molar-refractivity contribution < 1.29 is 37.7 Å². The van der Waals surface area contributed by atoms with Gasteiger partial charge in [-0.3, -0.25) is 14.2 Å². The Kier molecular flexibility index (Phi) is 31.2.